The van der Waals surface area contributed by atoms with E-state index in [0.717, 1.165) is 13.1 Å². The highest BCUT2D eigenvalue weighted by Crippen LogP contribution is 2.30. The second kappa shape index (κ2) is 11.7. The number of nitrogens with one attached hydrogen (secondary N) is 2. The SMILES string of the molecule is CN(C)c1cc(NC(=O)c2ccccc2)c(C(=O)NCC2CN(Cc3ccccc3)CCO2)cc1N. The highest BCUT2D eigenvalue weighted by atomic mass is 16.5. The van der Waals surface area contributed by atoms with Crippen molar-refractivity contribution in [3.63, 3.8) is 0 Å². The lowest BCUT2D eigenvalue weighted by Gasteiger charge is -2.33. The molecule has 3 aromatic carbocycles. The summed E-state index contributed by atoms with van der Waals surface area (Å²) in [6.07, 6.45) is -0.132. The Labute approximate surface area is 212 Å². The van der Waals surface area contributed by atoms with Gasteiger partial charge < -0.3 is 26.0 Å². The molecule has 0 saturated carbocycles. The van der Waals surface area contributed by atoms with E-state index in [-0.39, 0.29) is 17.9 Å². The second-order valence-electron chi connectivity index (χ2n) is 9.09. The number of nitrogen functional groups attached to an aromatic ring is 1. The van der Waals surface area contributed by atoms with E-state index in [0.29, 0.717) is 47.9 Å². The molecule has 1 aliphatic heterocycles. The number of nitrogens with two attached hydrogens (primary N) is 1. The molecule has 2 amide bonds. The summed E-state index contributed by atoms with van der Waals surface area (Å²) in [5.74, 6) is -0.620. The average molecular weight is 488 g/mol. The van der Waals surface area contributed by atoms with Crippen LogP contribution in [0.1, 0.15) is 26.3 Å². The standard InChI is InChI=1S/C28H33N5O3/c1-32(2)26-16-25(31-27(34)21-11-7-4-8-12-21)23(15-24(26)29)28(35)30-17-22-19-33(13-14-36-22)18-20-9-5-3-6-10-20/h3-12,15-16,22H,13-14,17-19,29H2,1-2H3,(H,30,35)(H,31,34). The molecule has 3 aromatic rings. The molecular formula is C28H33N5O3. The first-order chi connectivity index (χ1) is 17.4. The number of ether oxygens (including phenoxy) is 1. The Balaban J connectivity index is 1.45. The zero-order chi connectivity index (χ0) is 25.5. The van der Waals surface area contributed by atoms with Crippen molar-refractivity contribution in [2.45, 2.75) is 12.6 Å². The fourth-order valence-electron chi connectivity index (χ4n) is 4.26. The number of hydrogen-bond acceptors (Lipinski definition) is 6. The van der Waals surface area contributed by atoms with Crippen LogP contribution in [0.15, 0.2) is 72.8 Å². The first-order valence-electron chi connectivity index (χ1n) is 12.0. The van der Waals surface area contributed by atoms with Gasteiger partial charge in [0.1, 0.15) is 0 Å². The summed E-state index contributed by atoms with van der Waals surface area (Å²) in [7, 11) is 3.71. The van der Waals surface area contributed by atoms with Crippen LogP contribution in [0.3, 0.4) is 0 Å². The van der Waals surface area contributed by atoms with E-state index < -0.39 is 0 Å². The van der Waals surface area contributed by atoms with Gasteiger partial charge in [0, 0.05) is 45.8 Å². The minimum atomic E-state index is -0.320. The molecular weight excluding hydrogens is 454 g/mol. The van der Waals surface area contributed by atoms with Crippen LogP contribution in [0.2, 0.25) is 0 Å². The molecule has 1 atom stereocenters. The van der Waals surface area contributed by atoms with Crippen LogP contribution in [-0.2, 0) is 11.3 Å². The molecule has 0 spiro atoms. The van der Waals surface area contributed by atoms with Crippen LogP contribution in [0.25, 0.3) is 0 Å². The summed E-state index contributed by atoms with van der Waals surface area (Å²) < 4.78 is 5.90. The number of rotatable bonds is 8. The van der Waals surface area contributed by atoms with Crippen molar-refractivity contribution in [3.05, 3.63) is 89.5 Å². The summed E-state index contributed by atoms with van der Waals surface area (Å²) in [5, 5.41) is 5.85. The third-order valence-electron chi connectivity index (χ3n) is 6.14. The highest BCUT2D eigenvalue weighted by Gasteiger charge is 2.23. The van der Waals surface area contributed by atoms with Crippen molar-refractivity contribution in [1.82, 2.24) is 10.2 Å². The molecule has 0 radical (unpaired) electrons. The molecule has 0 aliphatic carbocycles. The summed E-state index contributed by atoms with van der Waals surface area (Å²) in [4.78, 5) is 30.2. The Hall–Kier alpha value is -3.88. The van der Waals surface area contributed by atoms with Crippen LogP contribution < -0.4 is 21.3 Å². The fraction of sp³-hybridized carbons (Fsp3) is 0.286. The lowest BCUT2D eigenvalue weighted by atomic mass is 10.1. The van der Waals surface area contributed by atoms with E-state index in [1.54, 1.807) is 36.4 Å². The van der Waals surface area contributed by atoms with E-state index in [2.05, 4.69) is 27.7 Å². The molecule has 36 heavy (non-hydrogen) atoms. The molecule has 0 bridgehead atoms. The second-order valence-corrected chi connectivity index (χ2v) is 9.09. The maximum absolute atomic E-state index is 13.2. The normalized spacial score (nSPS) is 15.8. The third kappa shape index (κ3) is 6.41. The van der Waals surface area contributed by atoms with Gasteiger partial charge in [-0.1, -0.05) is 48.5 Å². The van der Waals surface area contributed by atoms with Gasteiger partial charge >= 0.3 is 0 Å². The Morgan fingerprint density at radius 2 is 1.72 bits per heavy atom. The number of carbonyl (C=O) groups is 2. The number of carbonyl (C=O) groups excluding carboxylic acids is 2. The molecule has 8 nitrogen and oxygen atoms in total. The molecule has 1 saturated heterocycles. The summed E-state index contributed by atoms with van der Waals surface area (Å²) in [6, 6.07) is 22.5. The van der Waals surface area contributed by atoms with Crippen molar-refractivity contribution < 1.29 is 14.3 Å². The molecule has 8 heteroatoms. The minimum Gasteiger partial charge on any atom is -0.397 e. The van der Waals surface area contributed by atoms with E-state index >= 15 is 0 Å². The zero-order valence-electron chi connectivity index (χ0n) is 20.7. The third-order valence-corrected chi connectivity index (χ3v) is 6.14. The first-order valence-corrected chi connectivity index (χ1v) is 12.0. The lowest BCUT2D eigenvalue weighted by Crippen LogP contribution is -2.47. The topological polar surface area (TPSA) is 99.9 Å². The molecule has 188 valence electrons. The molecule has 1 unspecified atom stereocenters. The fourth-order valence-corrected chi connectivity index (χ4v) is 4.26. The predicted octanol–water partition coefficient (Wildman–Crippen LogP) is 3.22. The maximum Gasteiger partial charge on any atom is 0.255 e. The van der Waals surface area contributed by atoms with Crippen molar-refractivity contribution >= 4 is 28.9 Å². The van der Waals surface area contributed by atoms with Crippen LogP contribution >= 0.6 is 0 Å². The minimum absolute atomic E-state index is 0.132. The Morgan fingerprint density at radius 3 is 2.42 bits per heavy atom. The Bertz CT molecular complexity index is 1180. The molecule has 4 N–H and O–H groups in total. The van der Waals surface area contributed by atoms with Crippen molar-refractivity contribution in [3.8, 4) is 0 Å². The molecule has 1 fully saturated rings. The highest BCUT2D eigenvalue weighted by molar-refractivity contribution is 6.10. The first kappa shape index (κ1) is 25.2. The van der Waals surface area contributed by atoms with Crippen LogP contribution in [0.4, 0.5) is 17.1 Å². The number of benzene rings is 3. The Morgan fingerprint density at radius 1 is 1.03 bits per heavy atom. The largest absolute Gasteiger partial charge is 0.397 e. The van der Waals surface area contributed by atoms with Gasteiger partial charge in [0.15, 0.2) is 0 Å². The number of anilines is 3. The average Bonchev–Trinajstić information content (AvgIpc) is 2.89. The molecule has 4 rings (SSSR count). The van der Waals surface area contributed by atoms with E-state index in [1.165, 1.54) is 5.56 Å². The van der Waals surface area contributed by atoms with E-state index in [4.69, 9.17) is 10.5 Å². The quantitative estimate of drug-likeness (QED) is 0.422. The maximum atomic E-state index is 13.2. The molecule has 1 heterocycles. The monoisotopic (exact) mass is 487 g/mol. The number of amides is 2. The smallest absolute Gasteiger partial charge is 0.255 e. The summed E-state index contributed by atoms with van der Waals surface area (Å²) in [6.45, 7) is 3.36. The number of morpholine rings is 1. The van der Waals surface area contributed by atoms with Gasteiger partial charge in [-0.3, -0.25) is 14.5 Å². The predicted molar refractivity (Wildman–Crippen MR) is 143 cm³/mol. The van der Waals surface area contributed by atoms with Gasteiger partial charge in [0.25, 0.3) is 11.8 Å². The van der Waals surface area contributed by atoms with Gasteiger partial charge in [0.05, 0.1) is 35.3 Å². The van der Waals surface area contributed by atoms with Crippen molar-refractivity contribution in [2.75, 3.05) is 56.3 Å². The number of nitrogens with zero attached hydrogens (tertiary/aromatic N) is 2. The van der Waals surface area contributed by atoms with Crippen LogP contribution in [0, 0.1) is 0 Å². The molecule has 1 aliphatic rings. The van der Waals surface area contributed by atoms with E-state index in [9.17, 15) is 9.59 Å². The van der Waals surface area contributed by atoms with Gasteiger partial charge in [-0.25, -0.2) is 0 Å². The van der Waals surface area contributed by atoms with Crippen LogP contribution in [-0.4, -0.2) is 63.2 Å². The zero-order valence-corrected chi connectivity index (χ0v) is 20.7. The van der Waals surface area contributed by atoms with Gasteiger partial charge in [0.2, 0.25) is 0 Å². The van der Waals surface area contributed by atoms with Gasteiger partial charge in [-0.2, -0.15) is 0 Å². The van der Waals surface area contributed by atoms with Crippen LogP contribution in [0.5, 0.6) is 0 Å². The molecule has 0 aromatic heterocycles. The van der Waals surface area contributed by atoms with Gasteiger partial charge in [-0.05, 0) is 29.8 Å². The summed E-state index contributed by atoms with van der Waals surface area (Å²) >= 11 is 0. The lowest BCUT2D eigenvalue weighted by molar-refractivity contribution is -0.0292. The summed E-state index contributed by atoms with van der Waals surface area (Å²) in [5.41, 5.74) is 9.85. The van der Waals surface area contributed by atoms with Crippen molar-refractivity contribution in [2.24, 2.45) is 0 Å². The van der Waals surface area contributed by atoms with E-state index in [1.807, 2.05) is 43.3 Å². The Kier molecular flexibility index (Phi) is 8.20. The van der Waals surface area contributed by atoms with Gasteiger partial charge in [-0.15, -0.1) is 0 Å². The van der Waals surface area contributed by atoms with Crippen molar-refractivity contribution in [1.29, 1.82) is 0 Å². The number of hydrogen-bond donors (Lipinski definition) is 3.